The molecule has 8 heteroatoms. The molecule has 24 heavy (non-hydrogen) atoms. The Morgan fingerprint density at radius 2 is 2.08 bits per heavy atom. The smallest absolute Gasteiger partial charge is 0.307 e. The van der Waals surface area contributed by atoms with Gasteiger partial charge < -0.3 is 5.32 Å². The summed E-state index contributed by atoms with van der Waals surface area (Å²) in [6, 6.07) is 1.68. The van der Waals surface area contributed by atoms with Gasteiger partial charge in [0.05, 0.1) is 0 Å². The van der Waals surface area contributed by atoms with Crippen molar-refractivity contribution in [3.63, 3.8) is 0 Å². The highest BCUT2D eigenvalue weighted by Crippen LogP contribution is 2.49. The van der Waals surface area contributed by atoms with Gasteiger partial charge in [-0.05, 0) is 30.5 Å². The summed E-state index contributed by atoms with van der Waals surface area (Å²) in [7, 11) is 1.08. The normalized spacial score (nSPS) is 23.2. The van der Waals surface area contributed by atoms with Gasteiger partial charge in [0.15, 0.2) is 0 Å². The average molecular weight is 377 g/mol. The topological polar surface area (TPSA) is 32.3 Å². The number of carbonyl (C=O) groups is 1. The number of hydrogen-bond acceptors (Lipinski definition) is 1. The van der Waals surface area contributed by atoms with Gasteiger partial charge in [0.1, 0.15) is 0 Å². The molecule has 2 amide bonds. The second kappa shape index (κ2) is 5.75. The lowest BCUT2D eigenvalue weighted by molar-refractivity contribution is -0.203. The minimum absolute atomic E-state index is 0.0184. The van der Waals surface area contributed by atoms with E-state index in [0.29, 0.717) is 10.5 Å². The lowest BCUT2D eigenvalue weighted by Crippen LogP contribution is -2.59. The molecule has 0 radical (unpaired) electrons. The Hall–Kier alpha value is -1.58. The minimum Gasteiger partial charge on any atom is -0.307 e. The molecule has 128 valence electrons. The van der Waals surface area contributed by atoms with E-state index in [4.69, 9.17) is 23.2 Å². The molecular formula is C16H13Cl2F3N2O. The van der Waals surface area contributed by atoms with Crippen molar-refractivity contribution >= 4 is 34.9 Å². The van der Waals surface area contributed by atoms with Crippen LogP contribution in [0.15, 0.2) is 12.1 Å². The van der Waals surface area contributed by atoms with Gasteiger partial charge in [-0.3, -0.25) is 4.90 Å². The van der Waals surface area contributed by atoms with Crippen LogP contribution in [0.2, 0.25) is 5.02 Å². The molecular weight excluding hydrogens is 364 g/mol. The number of rotatable bonds is 1. The third-order valence-corrected chi connectivity index (χ3v) is 4.85. The number of nitrogens with one attached hydrogen (secondary N) is 1. The molecule has 0 bridgehead atoms. The predicted octanol–water partition coefficient (Wildman–Crippen LogP) is 4.73. The molecule has 1 aliphatic carbocycles. The van der Waals surface area contributed by atoms with Gasteiger partial charge in [0, 0.05) is 35.1 Å². The van der Waals surface area contributed by atoms with Gasteiger partial charge in [0.2, 0.25) is 5.54 Å². The van der Waals surface area contributed by atoms with Crippen LogP contribution in [0.4, 0.5) is 23.7 Å². The number of carbonyl (C=O) groups excluding carboxylic acids is 1. The van der Waals surface area contributed by atoms with Gasteiger partial charge >= 0.3 is 12.2 Å². The summed E-state index contributed by atoms with van der Waals surface area (Å²) < 4.78 is 42.3. The predicted molar refractivity (Wildman–Crippen MR) is 86.0 cm³/mol. The highest BCUT2D eigenvalue weighted by atomic mass is 35.5. The lowest BCUT2D eigenvalue weighted by Gasteiger charge is -2.43. The Labute approximate surface area is 147 Å². The molecule has 3 nitrogen and oxygen atoms in total. The molecule has 1 aliphatic heterocycles. The zero-order valence-electron chi connectivity index (χ0n) is 12.6. The minimum atomic E-state index is -4.79. The largest absolute Gasteiger partial charge is 0.427 e. The number of fused-ring (bicyclic) bond motifs is 1. The molecule has 2 aliphatic rings. The summed E-state index contributed by atoms with van der Waals surface area (Å²) >= 11 is 11.8. The zero-order chi connectivity index (χ0) is 17.7. The number of nitrogens with zero attached hydrogens (tertiary/aromatic N) is 1. The molecule has 1 saturated carbocycles. The van der Waals surface area contributed by atoms with Crippen LogP contribution in [0.1, 0.15) is 24.0 Å². The molecule has 1 aromatic rings. The van der Waals surface area contributed by atoms with E-state index in [1.807, 2.05) is 0 Å². The van der Waals surface area contributed by atoms with Crippen molar-refractivity contribution in [1.29, 1.82) is 0 Å². The van der Waals surface area contributed by atoms with Crippen LogP contribution < -0.4 is 5.32 Å². The second-order valence-electron chi connectivity index (χ2n) is 5.86. The van der Waals surface area contributed by atoms with Crippen LogP contribution in [0.3, 0.4) is 0 Å². The zero-order valence-corrected chi connectivity index (χ0v) is 14.1. The maximum atomic E-state index is 14.1. The quantitative estimate of drug-likeness (QED) is 0.557. The van der Waals surface area contributed by atoms with Crippen LogP contribution in [-0.2, 0) is 11.4 Å². The molecule has 1 atom stereocenters. The highest BCUT2D eigenvalue weighted by molar-refractivity contribution is 6.32. The monoisotopic (exact) mass is 376 g/mol. The Kier molecular flexibility index (Phi) is 4.13. The van der Waals surface area contributed by atoms with Crippen molar-refractivity contribution in [3.8, 4) is 11.8 Å². The third kappa shape index (κ3) is 2.60. The van der Waals surface area contributed by atoms with E-state index in [1.165, 1.54) is 12.1 Å². The molecule has 3 rings (SSSR count). The maximum absolute atomic E-state index is 14.1. The summed E-state index contributed by atoms with van der Waals surface area (Å²) in [5, 5.41) is 2.55. The molecule has 1 unspecified atom stereocenters. The van der Waals surface area contributed by atoms with Crippen molar-refractivity contribution in [3.05, 3.63) is 28.3 Å². The van der Waals surface area contributed by atoms with E-state index in [2.05, 4.69) is 17.2 Å². The van der Waals surface area contributed by atoms with Crippen LogP contribution in [0.5, 0.6) is 0 Å². The number of amides is 2. The fourth-order valence-electron chi connectivity index (χ4n) is 2.65. The number of anilines is 1. The SMILES string of the molecule is CN1C(=O)Nc2cc(CCl)c(Cl)cc2C1(C#CC1CC1)C(F)(F)F. The lowest BCUT2D eigenvalue weighted by atomic mass is 9.84. The van der Waals surface area contributed by atoms with Gasteiger partial charge in [0.25, 0.3) is 0 Å². The van der Waals surface area contributed by atoms with E-state index in [-0.39, 0.29) is 28.1 Å². The molecule has 1 N–H and O–H groups in total. The summed E-state index contributed by atoms with van der Waals surface area (Å²) in [5.41, 5.74) is -2.46. The van der Waals surface area contributed by atoms with E-state index < -0.39 is 17.7 Å². The number of halogens is 5. The van der Waals surface area contributed by atoms with Crippen molar-refractivity contribution in [2.75, 3.05) is 12.4 Å². The Morgan fingerprint density at radius 3 is 2.62 bits per heavy atom. The van der Waals surface area contributed by atoms with Crippen molar-refractivity contribution in [1.82, 2.24) is 4.90 Å². The van der Waals surface area contributed by atoms with Crippen LogP contribution >= 0.6 is 23.2 Å². The maximum Gasteiger partial charge on any atom is 0.427 e. The van der Waals surface area contributed by atoms with Gasteiger partial charge in [-0.2, -0.15) is 13.2 Å². The Morgan fingerprint density at radius 1 is 1.42 bits per heavy atom. The van der Waals surface area contributed by atoms with Crippen molar-refractivity contribution in [2.24, 2.45) is 5.92 Å². The Balaban J connectivity index is 2.29. The molecule has 0 aromatic heterocycles. The van der Waals surface area contributed by atoms with E-state index in [0.717, 1.165) is 19.9 Å². The summed E-state index contributed by atoms with van der Waals surface area (Å²) in [5.74, 6) is 4.96. The first kappa shape index (κ1) is 17.2. The van der Waals surface area contributed by atoms with Crippen LogP contribution in [0.25, 0.3) is 0 Å². The first-order chi connectivity index (χ1) is 11.2. The molecule has 0 saturated heterocycles. The first-order valence-electron chi connectivity index (χ1n) is 7.24. The molecule has 0 spiro atoms. The standard InChI is InChI=1S/C16H13Cl2F3N2O/c1-23-14(24)22-13-6-10(8-17)12(18)7-11(13)15(23,16(19,20)21)5-4-9-2-3-9/h6-7,9H,2-3,8H2,1H3,(H,22,24). The van der Waals surface area contributed by atoms with Crippen LogP contribution in [0, 0.1) is 17.8 Å². The Bertz CT molecular complexity index is 765. The van der Waals surface area contributed by atoms with E-state index in [9.17, 15) is 18.0 Å². The summed E-state index contributed by atoms with van der Waals surface area (Å²) in [6.07, 6.45) is -3.24. The second-order valence-corrected chi connectivity index (χ2v) is 6.54. The summed E-state index contributed by atoms with van der Waals surface area (Å²) in [6.45, 7) is 0. The average Bonchev–Trinajstić information content (AvgIpc) is 3.31. The molecule has 1 heterocycles. The highest BCUT2D eigenvalue weighted by Gasteiger charge is 2.62. The number of alkyl halides is 4. The van der Waals surface area contributed by atoms with Gasteiger partial charge in [-0.25, -0.2) is 4.79 Å². The molecule has 1 fully saturated rings. The number of hydrogen-bond donors (Lipinski definition) is 1. The number of urea groups is 1. The fraction of sp³-hybridized carbons (Fsp3) is 0.438. The molecule has 1 aromatic carbocycles. The third-order valence-electron chi connectivity index (χ3n) is 4.21. The van der Waals surface area contributed by atoms with Gasteiger partial charge in [-0.1, -0.05) is 23.4 Å². The van der Waals surface area contributed by atoms with Crippen molar-refractivity contribution in [2.45, 2.75) is 30.4 Å². The van der Waals surface area contributed by atoms with E-state index in [1.54, 1.807) is 0 Å². The van der Waals surface area contributed by atoms with Crippen LogP contribution in [-0.4, -0.2) is 24.2 Å². The van der Waals surface area contributed by atoms with E-state index >= 15 is 0 Å². The first-order valence-corrected chi connectivity index (χ1v) is 8.15. The van der Waals surface area contributed by atoms with Crippen molar-refractivity contribution < 1.29 is 18.0 Å². The summed E-state index contributed by atoms with van der Waals surface area (Å²) in [4.78, 5) is 12.7. The fourth-order valence-corrected chi connectivity index (χ4v) is 3.17. The number of benzene rings is 1. The van der Waals surface area contributed by atoms with Gasteiger partial charge in [-0.15, -0.1) is 11.6 Å².